The van der Waals surface area contributed by atoms with E-state index in [1.165, 1.54) is 35.4 Å². The molecule has 1 N–H and O–H groups in total. The molecule has 0 saturated carbocycles. The number of aromatic nitrogens is 1. The lowest BCUT2D eigenvalue weighted by Crippen LogP contribution is -2.33. The van der Waals surface area contributed by atoms with Crippen molar-refractivity contribution in [2.75, 3.05) is 18.9 Å². The summed E-state index contributed by atoms with van der Waals surface area (Å²) in [5.41, 5.74) is 1.18. The first-order valence-electron chi connectivity index (χ1n) is 7.80. The molecule has 0 spiro atoms. The summed E-state index contributed by atoms with van der Waals surface area (Å²) in [4.78, 5) is 30.0. The van der Waals surface area contributed by atoms with Crippen LogP contribution >= 0.6 is 0 Å². The van der Waals surface area contributed by atoms with Crippen molar-refractivity contribution in [1.29, 1.82) is 0 Å². The molecule has 1 aromatic heterocycles. The summed E-state index contributed by atoms with van der Waals surface area (Å²) in [6.45, 7) is 2.03. The number of carbonyl (C=O) groups is 2. The Morgan fingerprint density at radius 2 is 2.08 bits per heavy atom. The van der Waals surface area contributed by atoms with E-state index < -0.39 is 29.5 Å². The number of carbonyl (C=O) groups excluding carboxylic acids is 2. The Labute approximate surface area is 143 Å². The summed E-state index contributed by atoms with van der Waals surface area (Å²) in [5, 5.41) is 2.41. The van der Waals surface area contributed by atoms with Gasteiger partial charge in [0, 0.05) is 25.7 Å². The average molecular weight is 345 g/mol. The Bertz CT molecular complexity index is 821. The van der Waals surface area contributed by atoms with Crippen LogP contribution in [0.3, 0.4) is 0 Å². The van der Waals surface area contributed by atoms with Crippen LogP contribution in [0.2, 0.25) is 0 Å². The number of hydrogen-bond acceptors (Lipinski definition) is 3. The average Bonchev–Trinajstić information content (AvgIpc) is 2.84. The number of nitrogens with zero attached hydrogens (tertiary/aromatic N) is 2. The standard InChI is InChI=1S/C18H17F2N3O2/c1-10-6-11(8-12(19)7-10)13-9-23(2)18(25)15(13)17(24)22-14-4-3-5-21-16(14)20/h3-8,13,15H,9H2,1-2H3,(H,22,24)/t13-,15+/m1/s1. The van der Waals surface area contributed by atoms with Crippen molar-refractivity contribution < 1.29 is 18.4 Å². The topological polar surface area (TPSA) is 62.3 Å². The van der Waals surface area contributed by atoms with Crippen molar-refractivity contribution in [3.8, 4) is 0 Å². The van der Waals surface area contributed by atoms with Crippen molar-refractivity contribution in [3.63, 3.8) is 0 Å². The predicted molar refractivity (Wildman–Crippen MR) is 87.8 cm³/mol. The van der Waals surface area contributed by atoms with Crippen molar-refractivity contribution in [2.24, 2.45) is 5.92 Å². The number of halogens is 2. The third-order valence-electron chi connectivity index (χ3n) is 4.31. The van der Waals surface area contributed by atoms with E-state index in [0.29, 0.717) is 11.1 Å². The molecular weight excluding hydrogens is 328 g/mol. The van der Waals surface area contributed by atoms with Gasteiger partial charge in [-0.3, -0.25) is 9.59 Å². The summed E-state index contributed by atoms with van der Waals surface area (Å²) < 4.78 is 27.4. The number of benzene rings is 1. The second-order valence-corrected chi connectivity index (χ2v) is 6.20. The predicted octanol–water partition coefficient (Wildman–Crippen LogP) is 2.48. The van der Waals surface area contributed by atoms with E-state index in [9.17, 15) is 18.4 Å². The number of pyridine rings is 1. The fourth-order valence-electron chi connectivity index (χ4n) is 3.16. The molecule has 7 heteroatoms. The van der Waals surface area contributed by atoms with E-state index >= 15 is 0 Å². The molecule has 3 rings (SSSR count). The minimum absolute atomic E-state index is 0.0935. The van der Waals surface area contributed by atoms with Crippen molar-refractivity contribution in [3.05, 3.63) is 59.4 Å². The molecule has 1 aliphatic heterocycles. The lowest BCUT2D eigenvalue weighted by atomic mass is 9.87. The largest absolute Gasteiger partial charge is 0.344 e. The number of likely N-dealkylation sites (tertiary alicyclic amines) is 1. The number of amides is 2. The minimum Gasteiger partial charge on any atom is -0.344 e. The van der Waals surface area contributed by atoms with E-state index in [4.69, 9.17) is 0 Å². The fraction of sp³-hybridized carbons (Fsp3) is 0.278. The monoisotopic (exact) mass is 345 g/mol. The fourth-order valence-corrected chi connectivity index (χ4v) is 3.16. The number of likely N-dealkylation sites (N-methyl/N-ethyl adjacent to an activating group) is 1. The summed E-state index contributed by atoms with van der Waals surface area (Å²) in [5.74, 6) is -3.82. The quantitative estimate of drug-likeness (QED) is 0.687. The van der Waals surface area contributed by atoms with Crippen LogP contribution in [0.4, 0.5) is 14.5 Å². The van der Waals surface area contributed by atoms with E-state index in [-0.39, 0.29) is 18.1 Å². The highest BCUT2D eigenvalue weighted by Gasteiger charge is 2.44. The number of anilines is 1. The highest BCUT2D eigenvalue weighted by Crippen LogP contribution is 2.34. The maximum absolute atomic E-state index is 13.7. The molecule has 1 fully saturated rings. The molecule has 2 heterocycles. The third-order valence-corrected chi connectivity index (χ3v) is 4.31. The normalized spacial score (nSPS) is 20.0. The zero-order valence-electron chi connectivity index (χ0n) is 13.8. The lowest BCUT2D eigenvalue weighted by Gasteiger charge is -2.17. The molecule has 25 heavy (non-hydrogen) atoms. The lowest BCUT2D eigenvalue weighted by molar-refractivity contribution is -0.135. The molecule has 5 nitrogen and oxygen atoms in total. The van der Waals surface area contributed by atoms with Crippen LogP contribution in [0.1, 0.15) is 17.0 Å². The SMILES string of the molecule is Cc1cc(F)cc([C@H]2CN(C)C(=O)[C@@H]2C(=O)Nc2cccnc2F)c1. The molecule has 2 amide bonds. The van der Waals surface area contributed by atoms with Crippen molar-refractivity contribution in [2.45, 2.75) is 12.8 Å². The van der Waals surface area contributed by atoms with Crippen LogP contribution < -0.4 is 5.32 Å². The van der Waals surface area contributed by atoms with E-state index in [2.05, 4.69) is 10.3 Å². The molecule has 1 aliphatic rings. The second-order valence-electron chi connectivity index (χ2n) is 6.20. The Morgan fingerprint density at radius 3 is 2.76 bits per heavy atom. The third kappa shape index (κ3) is 3.35. The van der Waals surface area contributed by atoms with Crippen LogP contribution in [0.5, 0.6) is 0 Å². The number of hydrogen-bond donors (Lipinski definition) is 1. The van der Waals surface area contributed by atoms with Gasteiger partial charge in [0.15, 0.2) is 0 Å². The van der Waals surface area contributed by atoms with Gasteiger partial charge < -0.3 is 10.2 Å². The molecule has 2 aromatic rings. The molecule has 0 aliphatic carbocycles. The molecule has 1 aromatic carbocycles. The zero-order valence-corrected chi connectivity index (χ0v) is 13.8. The Hall–Kier alpha value is -2.83. The van der Waals surface area contributed by atoms with Gasteiger partial charge in [0.2, 0.25) is 17.8 Å². The molecule has 0 unspecified atom stereocenters. The first kappa shape index (κ1) is 17.0. The highest BCUT2D eigenvalue weighted by atomic mass is 19.1. The van der Waals surface area contributed by atoms with E-state index in [1.807, 2.05) is 0 Å². The Morgan fingerprint density at radius 1 is 1.32 bits per heavy atom. The Kier molecular flexibility index (Phi) is 4.48. The minimum atomic E-state index is -1.05. The van der Waals surface area contributed by atoms with Gasteiger partial charge in [-0.1, -0.05) is 6.07 Å². The zero-order chi connectivity index (χ0) is 18.1. The van der Waals surface area contributed by atoms with Gasteiger partial charge in [0.25, 0.3) is 0 Å². The van der Waals surface area contributed by atoms with Gasteiger partial charge in [-0.15, -0.1) is 0 Å². The summed E-state index contributed by atoms with van der Waals surface area (Å²) in [7, 11) is 1.58. The molecule has 0 radical (unpaired) electrons. The van der Waals surface area contributed by atoms with E-state index in [1.54, 1.807) is 20.0 Å². The van der Waals surface area contributed by atoms with Gasteiger partial charge in [-0.05, 0) is 42.3 Å². The van der Waals surface area contributed by atoms with Gasteiger partial charge in [0.1, 0.15) is 11.7 Å². The smallest absolute Gasteiger partial charge is 0.237 e. The number of rotatable bonds is 3. The molecule has 2 atom stereocenters. The highest BCUT2D eigenvalue weighted by molar-refractivity contribution is 6.08. The maximum atomic E-state index is 13.7. The molecule has 130 valence electrons. The van der Waals surface area contributed by atoms with Crippen molar-refractivity contribution in [1.82, 2.24) is 9.88 Å². The van der Waals surface area contributed by atoms with Crippen LogP contribution in [-0.2, 0) is 9.59 Å². The van der Waals surface area contributed by atoms with Crippen molar-refractivity contribution >= 4 is 17.5 Å². The van der Waals surface area contributed by atoms with E-state index in [0.717, 1.165) is 0 Å². The first-order valence-corrected chi connectivity index (χ1v) is 7.80. The van der Waals surface area contributed by atoms with Crippen LogP contribution in [-0.4, -0.2) is 35.3 Å². The number of aryl methyl sites for hydroxylation is 1. The summed E-state index contributed by atoms with van der Waals surface area (Å²) in [6, 6.07) is 7.31. The second kappa shape index (κ2) is 6.58. The molecular formula is C18H17F2N3O2. The van der Waals surface area contributed by atoms with Crippen LogP contribution in [0.25, 0.3) is 0 Å². The number of nitrogens with one attached hydrogen (secondary N) is 1. The summed E-state index contributed by atoms with van der Waals surface area (Å²) >= 11 is 0. The Balaban J connectivity index is 1.92. The van der Waals surface area contributed by atoms with Crippen LogP contribution in [0, 0.1) is 24.6 Å². The summed E-state index contributed by atoms with van der Waals surface area (Å²) in [6.07, 6.45) is 1.26. The van der Waals surface area contributed by atoms with Gasteiger partial charge in [-0.25, -0.2) is 9.37 Å². The first-order chi connectivity index (χ1) is 11.9. The van der Waals surface area contributed by atoms with Gasteiger partial charge in [-0.2, -0.15) is 4.39 Å². The maximum Gasteiger partial charge on any atom is 0.237 e. The van der Waals surface area contributed by atoms with Crippen LogP contribution in [0.15, 0.2) is 36.5 Å². The van der Waals surface area contributed by atoms with Gasteiger partial charge >= 0.3 is 0 Å². The van der Waals surface area contributed by atoms with Gasteiger partial charge in [0.05, 0.1) is 5.69 Å². The molecule has 0 bridgehead atoms. The molecule has 1 saturated heterocycles.